The molecule has 4 rings (SSSR count). The molecule has 37 heavy (non-hydrogen) atoms. The van der Waals surface area contributed by atoms with E-state index in [0.29, 0.717) is 5.41 Å². The first-order valence-electron chi connectivity index (χ1n) is 13.4. The molecule has 0 fully saturated rings. The van der Waals surface area contributed by atoms with Crippen molar-refractivity contribution in [1.29, 1.82) is 0 Å². The molecule has 0 radical (unpaired) electrons. The van der Waals surface area contributed by atoms with Crippen LogP contribution in [0.5, 0.6) is 0 Å². The first-order valence-corrected chi connectivity index (χ1v) is 14.2. The zero-order valence-electron chi connectivity index (χ0n) is 23.7. The van der Waals surface area contributed by atoms with Gasteiger partial charge in [-0.05, 0) is 90.9 Å². The van der Waals surface area contributed by atoms with Crippen molar-refractivity contribution < 1.29 is 0 Å². The molecule has 0 saturated carbocycles. The van der Waals surface area contributed by atoms with Crippen molar-refractivity contribution in [2.45, 2.75) is 79.0 Å². The number of aliphatic imine (C=N–C) groups is 2. The zero-order valence-corrected chi connectivity index (χ0v) is 24.6. The lowest BCUT2D eigenvalue weighted by Crippen LogP contribution is -2.10. The summed E-state index contributed by atoms with van der Waals surface area (Å²) in [4.78, 5) is 10.2. The van der Waals surface area contributed by atoms with E-state index in [1.165, 1.54) is 56.8 Å². The van der Waals surface area contributed by atoms with Gasteiger partial charge in [0.15, 0.2) is 0 Å². The Morgan fingerprint density at radius 1 is 1.08 bits per heavy atom. The van der Waals surface area contributed by atoms with Gasteiger partial charge >= 0.3 is 0 Å². The summed E-state index contributed by atoms with van der Waals surface area (Å²) in [5.41, 5.74) is 11.6. The third-order valence-electron chi connectivity index (χ3n) is 7.43. The second-order valence-electron chi connectivity index (χ2n) is 10.5. The Morgan fingerprint density at radius 2 is 1.84 bits per heavy atom. The van der Waals surface area contributed by atoms with Crippen LogP contribution < -0.4 is 4.72 Å². The molecule has 3 nitrogen and oxygen atoms in total. The predicted octanol–water partition coefficient (Wildman–Crippen LogP) is 9.36. The van der Waals surface area contributed by atoms with Crippen LogP contribution in [0.1, 0.15) is 78.9 Å². The molecular weight excluding hydrogens is 470 g/mol. The second kappa shape index (κ2) is 13.1. The average molecular weight is 514 g/mol. The number of allylic oxidation sites excluding steroid dienone is 3. The van der Waals surface area contributed by atoms with Crippen LogP contribution >= 0.6 is 11.9 Å². The summed E-state index contributed by atoms with van der Waals surface area (Å²) in [6, 6.07) is 15.4. The van der Waals surface area contributed by atoms with Gasteiger partial charge in [-0.25, -0.2) is 0 Å². The first-order chi connectivity index (χ1) is 17.7. The Balaban J connectivity index is 0.000000364. The van der Waals surface area contributed by atoms with Crippen LogP contribution in [0.3, 0.4) is 0 Å². The predicted molar refractivity (Wildman–Crippen MR) is 165 cm³/mol. The molecule has 1 N–H and O–H groups in total. The van der Waals surface area contributed by atoms with Crippen molar-refractivity contribution in [3.8, 4) is 11.1 Å². The molecule has 0 atom stereocenters. The van der Waals surface area contributed by atoms with Gasteiger partial charge in [-0.15, -0.1) is 0 Å². The molecular formula is C33H43N3S. The lowest BCUT2D eigenvalue weighted by Gasteiger charge is -2.23. The van der Waals surface area contributed by atoms with E-state index >= 15 is 0 Å². The Labute approximate surface area is 229 Å². The highest BCUT2D eigenvalue weighted by atomic mass is 32.2. The van der Waals surface area contributed by atoms with Crippen molar-refractivity contribution in [2.24, 2.45) is 15.4 Å². The Morgan fingerprint density at radius 3 is 2.41 bits per heavy atom. The molecule has 2 aromatic carbocycles. The fourth-order valence-electron chi connectivity index (χ4n) is 4.38. The minimum Gasteiger partial charge on any atom is -0.327 e. The third-order valence-corrected chi connectivity index (χ3v) is 8.35. The molecule has 0 amide bonds. The van der Waals surface area contributed by atoms with Gasteiger partial charge in [-0.3, -0.25) is 9.98 Å². The maximum Gasteiger partial charge on any atom is 0.0801 e. The number of aryl methyl sites for hydroxylation is 1. The highest BCUT2D eigenvalue weighted by molar-refractivity contribution is 7.97. The summed E-state index contributed by atoms with van der Waals surface area (Å²) in [5, 5.41) is 0. The minimum atomic E-state index is 0.356. The molecule has 0 aliphatic carbocycles. The summed E-state index contributed by atoms with van der Waals surface area (Å²) in [7, 11) is 0. The lowest BCUT2D eigenvalue weighted by atomic mass is 9.82. The van der Waals surface area contributed by atoms with E-state index in [2.05, 4.69) is 118 Å². The SMILES string of the molecule is C=C(C)C(C)(C)CCC.CCc1cc(C2=NC=CC2)ccc1-c1ccccc1SNC1=C(C)C(C)=NC1. The van der Waals surface area contributed by atoms with Gasteiger partial charge in [0.25, 0.3) is 0 Å². The van der Waals surface area contributed by atoms with Crippen LogP contribution in [0.4, 0.5) is 0 Å². The van der Waals surface area contributed by atoms with E-state index in [0.717, 1.165) is 30.8 Å². The molecule has 0 bridgehead atoms. The summed E-state index contributed by atoms with van der Waals surface area (Å²) < 4.78 is 3.54. The Bertz CT molecular complexity index is 1240. The summed E-state index contributed by atoms with van der Waals surface area (Å²) in [6.45, 7) is 19.9. The number of nitrogens with one attached hydrogen (secondary N) is 1. The zero-order chi connectivity index (χ0) is 27.0. The fourth-order valence-corrected chi connectivity index (χ4v) is 5.26. The van der Waals surface area contributed by atoms with Crippen LogP contribution in [-0.4, -0.2) is 18.0 Å². The van der Waals surface area contributed by atoms with Crippen LogP contribution in [0.2, 0.25) is 0 Å². The topological polar surface area (TPSA) is 36.8 Å². The normalized spacial score (nSPS) is 14.8. The highest BCUT2D eigenvalue weighted by Gasteiger charge is 2.17. The smallest absolute Gasteiger partial charge is 0.0801 e. The van der Waals surface area contributed by atoms with Crippen molar-refractivity contribution in [3.63, 3.8) is 0 Å². The van der Waals surface area contributed by atoms with Gasteiger partial charge in [0.2, 0.25) is 0 Å². The molecule has 196 valence electrons. The maximum absolute atomic E-state index is 4.52. The van der Waals surface area contributed by atoms with Crippen LogP contribution in [0, 0.1) is 5.41 Å². The third kappa shape index (κ3) is 7.35. The lowest BCUT2D eigenvalue weighted by molar-refractivity contribution is 0.404. The molecule has 2 aliphatic heterocycles. The van der Waals surface area contributed by atoms with Crippen LogP contribution in [0.25, 0.3) is 11.1 Å². The number of nitrogens with zero attached hydrogens (tertiary/aromatic N) is 2. The van der Waals surface area contributed by atoms with Gasteiger partial charge in [-0.2, -0.15) is 0 Å². The summed E-state index contributed by atoms with van der Waals surface area (Å²) >= 11 is 1.68. The monoisotopic (exact) mass is 513 g/mol. The molecule has 0 saturated heterocycles. The quantitative estimate of drug-likeness (QED) is 0.268. The van der Waals surface area contributed by atoms with E-state index in [1.807, 2.05) is 6.20 Å². The molecule has 2 heterocycles. The largest absolute Gasteiger partial charge is 0.327 e. The Kier molecular flexibility index (Phi) is 10.2. The minimum absolute atomic E-state index is 0.356. The van der Waals surface area contributed by atoms with E-state index < -0.39 is 0 Å². The molecule has 2 aliphatic rings. The number of hydrogen-bond acceptors (Lipinski definition) is 4. The van der Waals surface area contributed by atoms with Crippen LogP contribution in [0.15, 0.2) is 93.0 Å². The number of hydrogen-bond donors (Lipinski definition) is 1. The Hall–Kier alpha value is -2.85. The average Bonchev–Trinajstić information content (AvgIpc) is 3.54. The highest BCUT2D eigenvalue weighted by Crippen LogP contribution is 2.34. The second-order valence-corrected chi connectivity index (χ2v) is 11.4. The van der Waals surface area contributed by atoms with E-state index in [-0.39, 0.29) is 0 Å². The van der Waals surface area contributed by atoms with Crippen molar-refractivity contribution in [3.05, 3.63) is 89.3 Å². The van der Waals surface area contributed by atoms with Crippen molar-refractivity contribution in [1.82, 2.24) is 4.72 Å². The number of benzene rings is 2. The van der Waals surface area contributed by atoms with E-state index in [1.54, 1.807) is 11.9 Å². The standard InChI is InChI=1S/C24H25N3S.C9H18/c1-4-18-14-19(22-9-7-13-25-22)11-12-20(18)21-8-5-6-10-24(21)28-27-23-15-26-17(3)16(23)2;1-6-7-9(4,5)8(2)3/h5-8,10-14,27H,4,9,15H2,1-3H3;2,6-7H2,1,3-5H3. The first kappa shape index (κ1) is 28.7. The number of rotatable bonds is 9. The van der Waals surface area contributed by atoms with Gasteiger partial charge in [0.1, 0.15) is 0 Å². The van der Waals surface area contributed by atoms with E-state index in [9.17, 15) is 0 Å². The van der Waals surface area contributed by atoms with Gasteiger partial charge in [-0.1, -0.05) is 82.7 Å². The fraction of sp³-hybridized carbons (Fsp3) is 0.394. The molecule has 0 spiro atoms. The summed E-state index contributed by atoms with van der Waals surface area (Å²) in [6.07, 6.45) is 8.43. The van der Waals surface area contributed by atoms with Gasteiger partial charge in [0, 0.05) is 28.9 Å². The molecule has 4 heteroatoms. The maximum atomic E-state index is 4.52. The molecule has 0 aromatic heterocycles. The van der Waals surface area contributed by atoms with E-state index in [4.69, 9.17) is 0 Å². The van der Waals surface area contributed by atoms with Crippen molar-refractivity contribution >= 4 is 23.4 Å². The van der Waals surface area contributed by atoms with Gasteiger partial charge in [0.05, 0.1) is 12.3 Å². The van der Waals surface area contributed by atoms with Crippen molar-refractivity contribution in [2.75, 3.05) is 6.54 Å². The van der Waals surface area contributed by atoms with Gasteiger partial charge < -0.3 is 4.72 Å². The molecule has 2 aromatic rings. The summed E-state index contributed by atoms with van der Waals surface area (Å²) in [5.74, 6) is 0. The molecule has 0 unspecified atom stereocenters. The van der Waals surface area contributed by atoms with Crippen LogP contribution in [-0.2, 0) is 6.42 Å².